The number of halogens is 1. The molecule has 0 spiro atoms. The Hall–Kier alpha value is -1.75. The lowest BCUT2D eigenvalue weighted by molar-refractivity contribution is -0.137. The molecule has 0 aliphatic rings. The number of aliphatic carboxylic acids is 1. The van der Waals surface area contributed by atoms with Gasteiger partial charge in [-0.25, -0.2) is 0 Å². The summed E-state index contributed by atoms with van der Waals surface area (Å²) in [4.78, 5) is 22.1. The van der Waals surface area contributed by atoms with E-state index in [0.29, 0.717) is 35.7 Å². The first-order valence-electron chi connectivity index (χ1n) is 6.34. The zero-order valence-electron chi connectivity index (χ0n) is 11.3. The molecule has 0 aromatic heterocycles. The van der Waals surface area contributed by atoms with E-state index in [-0.39, 0.29) is 18.7 Å². The topological polar surface area (TPSA) is 75.6 Å². The van der Waals surface area contributed by atoms with Crippen molar-refractivity contribution < 1.29 is 19.4 Å². The smallest absolute Gasteiger partial charge is 0.303 e. The Morgan fingerprint density at radius 1 is 1.35 bits per heavy atom. The van der Waals surface area contributed by atoms with Crippen LogP contribution in [0.15, 0.2) is 18.2 Å². The summed E-state index contributed by atoms with van der Waals surface area (Å²) in [5, 5.41) is 11.7. The number of carbonyl (C=O) groups excluding carboxylic acids is 1. The van der Waals surface area contributed by atoms with Gasteiger partial charge in [0.1, 0.15) is 5.75 Å². The van der Waals surface area contributed by atoms with E-state index in [1.807, 2.05) is 0 Å². The molecule has 20 heavy (non-hydrogen) atoms. The van der Waals surface area contributed by atoms with Crippen LogP contribution in [0.25, 0.3) is 0 Å². The van der Waals surface area contributed by atoms with Crippen LogP contribution in [0.2, 0.25) is 5.02 Å². The number of rotatable bonds is 8. The lowest BCUT2D eigenvalue weighted by Crippen LogP contribution is -2.26. The summed E-state index contributed by atoms with van der Waals surface area (Å²) in [5.74, 6) is -0.401. The zero-order chi connectivity index (χ0) is 15.0. The largest absolute Gasteiger partial charge is 0.496 e. The van der Waals surface area contributed by atoms with Gasteiger partial charge in [-0.3, -0.25) is 9.59 Å². The van der Waals surface area contributed by atoms with Gasteiger partial charge < -0.3 is 15.2 Å². The van der Waals surface area contributed by atoms with Crippen LogP contribution in [0.3, 0.4) is 0 Å². The van der Waals surface area contributed by atoms with Crippen molar-refractivity contribution in [3.05, 3.63) is 28.8 Å². The first-order chi connectivity index (χ1) is 9.54. The van der Waals surface area contributed by atoms with Gasteiger partial charge in [0.25, 0.3) is 0 Å². The Morgan fingerprint density at radius 3 is 2.75 bits per heavy atom. The van der Waals surface area contributed by atoms with Crippen molar-refractivity contribution >= 4 is 23.5 Å². The molecule has 5 nitrogen and oxygen atoms in total. The number of ether oxygens (including phenoxy) is 1. The van der Waals surface area contributed by atoms with Gasteiger partial charge in [-0.2, -0.15) is 0 Å². The van der Waals surface area contributed by atoms with Crippen LogP contribution in [-0.2, 0) is 16.0 Å². The molecule has 0 aliphatic heterocycles. The molecule has 0 atom stereocenters. The molecular formula is C14H18ClNO4. The molecule has 1 aromatic carbocycles. The summed E-state index contributed by atoms with van der Waals surface area (Å²) < 4.78 is 5.17. The molecule has 110 valence electrons. The van der Waals surface area contributed by atoms with E-state index < -0.39 is 5.97 Å². The van der Waals surface area contributed by atoms with Crippen LogP contribution >= 0.6 is 11.6 Å². The fourth-order valence-electron chi connectivity index (χ4n) is 1.75. The van der Waals surface area contributed by atoms with E-state index >= 15 is 0 Å². The van der Waals surface area contributed by atoms with Gasteiger partial charge in [0, 0.05) is 23.6 Å². The van der Waals surface area contributed by atoms with Crippen LogP contribution < -0.4 is 10.1 Å². The molecule has 0 fully saturated rings. The highest BCUT2D eigenvalue weighted by Crippen LogP contribution is 2.26. The standard InChI is InChI=1S/C14H18ClNO4/c1-20-12-6-4-5-11(15)10(12)9-13(17)16-8-3-2-7-14(18)19/h4-6H,2-3,7-9H2,1H3,(H,16,17)(H,18,19). The van der Waals surface area contributed by atoms with E-state index in [9.17, 15) is 9.59 Å². The van der Waals surface area contributed by atoms with Crippen molar-refractivity contribution in [1.29, 1.82) is 0 Å². The van der Waals surface area contributed by atoms with Crippen LogP contribution in [0.5, 0.6) is 5.75 Å². The van der Waals surface area contributed by atoms with Crippen molar-refractivity contribution in [2.45, 2.75) is 25.7 Å². The highest BCUT2D eigenvalue weighted by atomic mass is 35.5. The average molecular weight is 300 g/mol. The van der Waals surface area contributed by atoms with Crippen LogP contribution in [0.1, 0.15) is 24.8 Å². The third kappa shape index (κ3) is 5.48. The van der Waals surface area contributed by atoms with E-state index in [4.69, 9.17) is 21.4 Å². The minimum absolute atomic E-state index is 0.119. The molecule has 0 heterocycles. The average Bonchev–Trinajstić information content (AvgIpc) is 2.40. The molecule has 1 aromatic rings. The van der Waals surface area contributed by atoms with Crippen molar-refractivity contribution in [3.63, 3.8) is 0 Å². The van der Waals surface area contributed by atoms with Crippen molar-refractivity contribution in [2.24, 2.45) is 0 Å². The number of unbranched alkanes of at least 4 members (excludes halogenated alkanes) is 1. The van der Waals surface area contributed by atoms with Crippen LogP contribution in [0.4, 0.5) is 0 Å². The Bertz CT molecular complexity index is 476. The highest BCUT2D eigenvalue weighted by molar-refractivity contribution is 6.31. The summed E-state index contributed by atoms with van der Waals surface area (Å²) in [7, 11) is 1.53. The lowest BCUT2D eigenvalue weighted by Gasteiger charge is -2.10. The Morgan fingerprint density at radius 2 is 2.10 bits per heavy atom. The summed E-state index contributed by atoms with van der Waals surface area (Å²) in [6.45, 7) is 0.457. The van der Waals surface area contributed by atoms with Gasteiger partial charge in [0.2, 0.25) is 5.91 Å². The van der Waals surface area contributed by atoms with E-state index in [1.54, 1.807) is 18.2 Å². The minimum Gasteiger partial charge on any atom is -0.496 e. The van der Waals surface area contributed by atoms with Gasteiger partial charge >= 0.3 is 5.97 Å². The predicted molar refractivity (Wildman–Crippen MR) is 76.2 cm³/mol. The van der Waals surface area contributed by atoms with Crippen molar-refractivity contribution in [3.8, 4) is 5.75 Å². The number of nitrogens with one attached hydrogen (secondary N) is 1. The molecule has 0 bridgehead atoms. The van der Waals surface area contributed by atoms with Crippen LogP contribution in [0, 0.1) is 0 Å². The minimum atomic E-state index is -0.822. The summed E-state index contributed by atoms with van der Waals surface area (Å²) in [5.41, 5.74) is 0.653. The number of carboxylic acid groups (broad SMARTS) is 1. The van der Waals surface area contributed by atoms with E-state index in [2.05, 4.69) is 5.32 Å². The molecule has 0 radical (unpaired) electrons. The summed E-state index contributed by atoms with van der Waals surface area (Å²) in [6, 6.07) is 5.22. The van der Waals surface area contributed by atoms with Gasteiger partial charge in [-0.15, -0.1) is 0 Å². The fourth-order valence-corrected chi connectivity index (χ4v) is 1.99. The summed E-state index contributed by atoms with van der Waals surface area (Å²) in [6.07, 6.45) is 1.44. The highest BCUT2D eigenvalue weighted by Gasteiger charge is 2.11. The van der Waals surface area contributed by atoms with E-state index in [1.165, 1.54) is 7.11 Å². The van der Waals surface area contributed by atoms with Gasteiger partial charge in [0.15, 0.2) is 0 Å². The third-order valence-corrected chi connectivity index (χ3v) is 3.13. The van der Waals surface area contributed by atoms with Gasteiger partial charge in [-0.05, 0) is 25.0 Å². The number of hydrogen-bond acceptors (Lipinski definition) is 3. The van der Waals surface area contributed by atoms with Gasteiger partial charge in [-0.1, -0.05) is 17.7 Å². The predicted octanol–water partition coefficient (Wildman–Crippen LogP) is 2.26. The second-order valence-corrected chi connectivity index (χ2v) is 4.71. The number of amides is 1. The summed E-state index contributed by atoms with van der Waals surface area (Å²) >= 11 is 6.05. The van der Waals surface area contributed by atoms with E-state index in [0.717, 1.165) is 0 Å². The monoisotopic (exact) mass is 299 g/mol. The molecule has 6 heteroatoms. The maximum atomic E-state index is 11.8. The SMILES string of the molecule is COc1cccc(Cl)c1CC(=O)NCCCCC(=O)O. The van der Waals surface area contributed by atoms with Gasteiger partial charge in [0.05, 0.1) is 13.5 Å². The fraction of sp³-hybridized carbons (Fsp3) is 0.429. The van der Waals surface area contributed by atoms with Crippen molar-refractivity contribution in [1.82, 2.24) is 5.32 Å². The van der Waals surface area contributed by atoms with Crippen LogP contribution in [-0.4, -0.2) is 30.6 Å². The Labute approximate surface area is 122 Å². The quantitative estimate of drug-likeness (QED) is 0.722. The number of methoxy groups -OCH3 is 1. The normalized spacial score (nSPS) is 10.1. The Kier molecular flexibility index (Phi) is 6.87. The Balaban J connectivity index is 2.41. The maximum absolute atomic E-state index is 11.8. The number of benzene rings is 1. The number of carbonyl (C=O) groups is 2. The maximum Gasteiger partial charge on any atom is 0.303 e. The third-order valence-electron chi connectivity index (χ3n) is 2.77. The molecule has 0 aliphatic carbocycles. The lowest BCUT2D eigenvalue weighted by atomic mass is 10.1. The first kappa shape index (κ1) is 16.3. The molecule has 1 amide bonds. The molecular weight excluding hydrogens is 282 g/mol. The number of carboxylic acids is 1. The molecule has 2 N–H and O–H groups in total. The molecule has 0 unspecified atom stereocenters. The second-order valence-electron chi connectivity index (χ2n) is 4.30. The second kappa shape index (κ2) is 8.43. The molecule has 0 saturated heterocycles. The van der Waals surface area contributed by atoms with Crippen molar-refractivity contribution in [2.75, 3.05) is 13.7 Å². The molecule has 0 saturated carbocycles. The molecule has 1 rings (SSSR count). The first-order valence-corrected chi connectivity index (χ1v) is 6.72. The number of hydrogen-bond donors (Lipinski definition) is 2. The zero-order valence-corrected chi connectivity index (χ0v) is 12.1.